The topological polar surface area (TPSA) is 63.5 Å². The van der Waals surface area contributed by atoms with E-state index in [4.69, 9.17) is 0 Å². The van der Waals surface area contributed by atoms with E-state index in [1.54, 1.807) is 17.5 Å². The van der Waals surface area contributed by atoms with Gasteiger partial charge in [-0.25, -0.2) is 0 Å². The van der Waals surface area contributed by atoms with Gasteiger partial charge in [-0.05, 0) is 17.5 Å². The fraction of sp³-hybridized carbons (Fsp3) is 0.188. The molecule has 0 spiro atoms. The number of amides is 1. The molecule has 5 nitrogen and oxygen atoms in total. The van der Waals surface area contributed by atoms with Crippen LogP contribution in [-0.4, -0.2) is 28.5 Å². The number of para-hydroxylation sites is 1. The van der Waals surface area contributed by atoms with Gasteiger partial charge in [0.1, 0.15) is 6.54 Å². The van der Waals surface area contributed by atoms with E-state index in [9.17, 15) is 28.1 Å². The maximum Gasteiger partial charge on any atom is 0.406 e. The van der Waals surface area contributed by atoms with Crippen molar-refractivity contribution in [3.8, 4) is 0 Å². The van der Waals surface area contributed by atoms with Crippen LogP contribution in [0.1, 0.15) is 10.4 Å². The summed E-state index contributed by atoms with van der Waals surface area (Å²) in [6.45, 7) is -2.00. The fourth-order valence-electron chi connectivity index (χ4n) is 2.10. The minimum atomic E-state index is -4.62. The minimum absolute atomic E-state index is 0.0367. The Balaban J connectivity index is 2.24. The Morgan fingerprint density at radius 3 is 2.56 bits per heavy atom. The van der Waals surface area contributed by atoms with Crippen molar-refractivity contribution in [1.29, 1.82) is 0 Å². The molecular weight excluding hydrogens is 357 g/mol. The third-order valence-electron chi connectivity index (χ3n) is 3.16. The second kappa shape index (κ2) is 7.93. The quantitative estimate of drug-likeness (QED) is 0.434. The van der Waals surface area contributed by atoms with Crippen molar-refractivity contribution in [2.24, 2.45) is 0 Å². The Hall–Kier alpha value is -2.68. The van der Waals surface area contributed by atoms with Gasteiger partial charge in [0.05, 0.1) is 11.5 Å². The summed E-state index contributed by atoms with van der Waals surface area (Å²) < 4.78 is 38.4. The number of rotatable bonds is 6. The monoisotopic (exact) mass is 370 g/mol. The summed E-state index contributed by atoms with van der Waals surface area (Å²) in [5.41, 5.74) is -0.292. The summed E-state index contributed by atoms with van der Waals surface area (Å²) in [5, 5.41) is 12.8. The molecule has 0 atom stereocenters. The van der Waals surface area contributed by atoms with Gasteiger partial charge < -0.3 is 4.90 Å². The van der Waals surface area contributed by atoms with Crippen LogP contribution in [0.2, 0.25) is 0 Å². The van der Waals surface area contributed by atoms with E-state index in [-0.39, 0.29) is 11.3 Å². The molecule has 0 radical (unpaired) electrons. The van der Waals surface area contributed by atoms with Gasteiger partial charge in [-0.15, -0.1) is 11.3 Å². The molecule has 1 amide bonds. The van der Waals surface area contributed by atoms with Crippen LogP contribution in [0.15, 0.2) is 47.9 Å². The lowest BCUT2D eigenvalue weighted by Gasteiger charge is -2.22. The van der Waals surface area contributed by atoms with Crippen molar-refractivity contribution in [2.45, 2.75) is 12.7 Å². The van der Waals surface area contributed by atoms with E-state index >= 15 is 0 Å². The number of nitrogens with zero attached hydrogens (tertiary/aromatic N) is 2. The van der Waals surface area contributed by atoms with Gasteiger partial charge in [0.15, 0.2) is 0 Å². The third-order valence-corrected chi connectivity index (χ3v) is 4.00. The lowest BCUT2D eigenvalue weighted by Crippen LogP contribution is -2.37. The number of nitro groups is 1. The molecule has 25 heavy (non-hydrogen) atoms. The zero-order valence-corrected chi connectivity index (χ0v) is 13.6. The predicted molar refractivity (Wildman–Crippen MR) is 87.9 cm³/mol. The molecule has 0 fully saturated rings. The molecule has 0 saturated carbocycles. The number of hydrogen-bond donors (Lipinski definition) is 0. The average molecular weight is 370 g/mol. The first-order chi connectivity index (χ1) is 11.8. The van der Waals surface area contributed by atoms with E-state index in [0.717, 1.165) is 6.08 Å². The highest BCUT2D eigenvalue weighted by molar-refractivity contribution is 7.10. The standard InChI is InChI=1S/C16H13F3N2O3S/c17-16(18,19)11-20(15(22)8-7-13-5-3-9-25-13)10-12-4-1-2-6-14(12)21(23)24/h1-9H,10-11H2/b8-7+. The molecule has 1 aromatic carbocycles. The molecule has 9 heteroatoms. The van der Waals surface area contributed by atoms with Gasteiger partial charge in [0.25, 0.3) is 5.69 Å². The summed E-state index contributed by atoms with van der Waals surface area (Å²) in [4.78, 5) is 23.7. The summed E-state index contributed by atoms with van der Waals surface area (Å²) in [5.74, 6) is -0.871. The molecule has 2 aromatic rings. The van der Waals surface area contributed by atoms with Gasteiger partial charge in [-0.1, -0.05) is 24.3 Å². The smallest absolute Gasteiger partial charge is 0.325 e. The number of benzene rings is 1. The number of thiophene rings is 1. The molecule has 0 N–H and O–H groups in total. The van der Waals surface area contributed by atoms with Gasteiger partial charge in [-0.3, -0.25) is 14.9 Å². The van der Waals surface area contributed by atoms with Gasteiger partial charge in [0, 0.05) is 22.6 Å². The van der Waals surface area contributed by atoms with Crippen LogP contribution in [0.3, 0.4) is 0 Å². The first-order valence-corrected chi connectivity index (χ1v) is 7.94. The van der Waals surface area contributed by atoms with Gasteiger partial charge in [0.2, 0.25) is 5.91 Å². The summed E-state index contributed by atoms with van der Waals surface area (Å²) in [7, 11) is 0. The molecule has 0 aliphatic heterocycles. The normalized spacial score (nSPS) is 11.6. The van der Waals surface area contributed by atoms with Crippen LogP contribution in [0.4, 0.5) is 18.9 Å². The third kappa shape index (κ3) is 5.71. The average Bonchev–Trinajstić information content (AvgIpc) is 3.04. The highest BCUT2D eigenvalue weighted by Gasteiger charge is 2.33. The van der Waals surface area contributed by atoms with E-state index in [1.807, 2.05) is 0 Å². The number of nitro benzene ring substituents is 1. The molecule has 1 heterocycles. The Morgan fingerprint density at radius 2 is 1.96 bits per heavy atom. The molecule has 0 bridgehead atoms. The van der Waals surface area contributed by atoms with Crippen LogP contribution < -0.4 is 0 Å². The highest BCUT2D eigenvalue weighted by atomic mass is 32.1. The molecular formula is C16H13F3N2O3S. The van der Waals surface area contributed by atoms with E-state index < -0.39 is 30.1 Å². The maximum atomic E-state index is 12.8. The molecule has 0 saturated heterocycles. The largest absolute Gasteiger partial charge is 0.406 e. The van der Waals surface area contributed by atoms with Crippen LogP contribution in [0, 0.1) is 10.1 Å². The second-order valence-corrected chi connectivity index (χ2v) is 6.02. The van der Waals surface area contributed by atoms with Crippen LogP contribution in [-0.2, 0) is 11.3 Å². The maximum absolute atomic E-state index is 12.8. The minimum Gasteiger partial charge on any atom is -0.325 e. The van der Waals surface area contributed by atoms with E-state index in [0.29, 0.717) is 9.78 Å². The van der Waals surface area contributed by atoms with Crippen LogP contribution in [0.5, 0.6) is 0 Å². The first kappa shape index (κ1) is 18.7. The number of alkyl halides is 3. The fourth-order valence-corrected chi connectivity index (χ4v) is 2.72. The predicted octanol–water partition coefficient (Wildman–Crippen LogP) is 4.26. The van der Waals surface area contributed by atoms with Crippen LogP contribution in [0.25, 0.3) is 6.08 Å². The molecule has 132 valence electrons. The molecule has 1 aromatic heterocycles. The summed E-state index contributed by atoms with van der Waals surface area (Å²) in [6.07, 6.45) is -2.17. The molecule has 2 rings (SSSR count). The van der Waals surface area contributed by atoms with Crippen molar-refractivity contribution in [1.82, 2.24) is 4.90 Å². The first-order valence-electron chi connectivity index (χ1n) is 7.06. The molecule has 0 unspecified atom stereocenters. The summed E-state index contributed by atoms with van der Waals surface area (Å²) >= 11 is 1.33. The number of carbonyl (C=O) groups is 1. The van der Waals surface area contributed by atoms with Crippen molar-refractivity contribution in [3.63, 3.8) is 0 Å². The SMILES string of the molecule is O=C(/C=C/c1cccs1)N(Cc1ccccc1[N+](=O)[O-])CC(F)(F)F. The number of halogens is 3. The lowest BCUT2D eigenvalue weighted by molar-refractivity contribution is -0.385. The number of hydrogen-bond acceptors (Lipinski definition) is 4. The zero-order chi connectivity index (χ0) is 18.4. The summed E-state index contributed by atoms with van der Waals surface area (Å²) in [6, 6.07) is 8.86. The Kier molecular flexibility index (Phi) is 5.92. The van der Waals surface area contributed by atoms with Gasteiger partial charge >= 0.3 is 6.18 Å². The van der Waals surface area contributed by atoms with Crippen molar-refractivity contribution in [3.05, 3.63) is 68.4 Å². The van der Waals surface area contributed by atoms with Crippen LogP contribution >= 0.6 is 11.3 Å². The van der Waals surface area contributed by atoms with E-state index in [1.165, 1.54) is 41.7 Å². The van der Waals surface area contributed by atoms with E-state index in [2.05, 4.69) is 0 Å². The Morgan fingerprint density at radius 1 is 1.24 bits per heavy atom. The zero-order valence-electron chi connectivity index (χ0n) is 12.8. The second-order valence-electron chi connectivity index (χ2n) is 5.04. The van der Waals surface area contributed by atoms with Gasteiger partial charge in [-0.2, -0.15) is 13.2 Å². The molecule has 0 aliphatic carbocycles. The number of carbonyl (C=O) groups excluding carboxylic acids is 1. The van der Waals surface area contributed by atoms with Crippen molar-refractivity contribution < 1.29 is 22.9 Å². The highest BCUT2D eigenvalue weighted by Crippen LogP contribution is 2.23. The Labute approximate surface area is 145 Å². The molecule has 0 aliphatic rings. The lowest BCUT2D eigenvalue weighted by atomic mass is 10.1. The van der Waals surface area contributed by atoms with Crippen molar-refractivity contribution in [2.75, 3.05) is 6.54 Å². The Bertz CT molecular complexity index is 773. The van der Waals surface area contributed by atoms with Crippen molar-refractivity contribution >= 4 is 29.0 Å².